The van der Waals surface area contributed by atoms with Crippen LogP contribution in [-0.2, 0) is 11.3 Å². The molecule has 1 unspecified atom stereocenters. The topological polar surface area (TPSA) is 68.5 Å². The van der Waals surface area contributed by atoms with Crippen molar-refractivity contribution in [3.8, 4) is 0 Å². The molecule has 104 valence electrons. The van der Waals surface area contributed by atoms with E-state index in [1.807, 2.05) is 7.05 Å². The number of carbonyl (C=O) groups is 1. The number of nitrogens with zero attached hydrogens (tertiary/aromatic N) is 2. The van der Waals surface area contributed by atoms with Gasteiger partial charge in [0.05, 0.1) is 11.8 Å². The average molecular weight is 263 g/mol. The summed E-state index contributed by atoms with van der Waals surface area (Å²) in [5, 5.41) is 0. The molecule has 1 amide bonds. The van der Waals surface area contributed by atoms with Crippen molar-refractivity contribution in [3.05, 3.63) is 29.6 Å². The first-order chi connectivity index (χ1) is 9.20. The number of hydrogen-bond donors (Lipinski definition) is 1. The molecule has 2 N–H and O–H groups in total. The minimum atomic E-state index is -0.00808. The molecule has 1 fully saturated rings. The number of hydrogen-bond acceptors (Lipinski definition) is 4. The predicted octanol–water partition coefficient (Wildman–Crippen LogP) is 1.18. The van der Waals surface area contributed by atoms with E-state index in [-0.39, 0.29) is 12.0 Å². The van der Waals surface area contributed by atoms with Gasteiger partial charge in [0.25, 0.3) is 5.91 Å². The molecule has 0 aromatic carbocycles. The van der Waals surface area contributed by atoms with Crippen LogP contribution in [0.2, 0.25) is 0 Å². The molecule has 1 aliphatic rings. The number of aromatic nitrogens is 1. The third-order valence-corrected chi connectivity index (χ3v) is 3.37. The van der Waals surface area contributed by atoms with E-state index >= 15 is 0 Å². The molecule has 0 spiro atoms. The normalized spacial score (nSPS) is 19.2. The van der Waals surface area contributed by atoms with Gasteiger partial charge in [0.15, 0.2) is 0 Å². The Kier molecular flexibility index (Phi) is 4.87. The summed E-state index contributed by atoms with van der Waals surface area (Å²) in [5.41, 5.74) is 6.90. The van der Waals surface area contributed by atoms with Crippen molar-refractivity contribution >= 4 is 5.91 Å². The van der Waals surface area contributed by atoms with Crippen LogP contribution >= 0.6 is 0 Å². The highest BCUT2D eigenvalue weighted by Gasteiger charge is 2.19. The summed E-state index contributed by atoms with van der Waals surface area (Å²) < 4.78 is 5.65. The monoisotopic (exact) mass is 263 g/mol. The van der Waals surface area contributed by atoms with Gasteiger partial charge in [-0.1, -0.05) is 0 Å². The lowest BCUT2D eigenvalue weighted by molar-refractivity contribution is -0.000190. The van der Waals surface area contributed by atoms with Crippen LogP contribution in [-0.4, -0.2) is 42.1 Å². The summed E-state index contributed by atoms with van der Waals surface area (Å²) in [6.45, 7) is 1.79. The zero-order valence-corrected chi connectivity index (χ0v) is 11.3. The van der Waals surface area contributed by atoms with E-state index in [4.69, 9.17) is 10.5 Å². The fourth-order valence-electron chi connectivity index (χ4n) is 2.28. The molecule has 1 aliphatic heterocycles. The third-order valence-electron chi connectivity index (χ3n) is 3.37. The molecule has 1 aromatic heterocycles. The van der Waals surface area contributed by atoms with Gasteiger partial charge in [-0.3, -0.25) is 9.78 Å². The van der Waals surface area contributed by atoms with Gasteiger partial charge in [0, 0.05) is 38.5 Å². The maximum Gasteiger partial charge on any atom is 0.253 e. The second-order valence-electron chi connectivity index (χ2n) is 4.91. The Morgan fingerprint density at radius 2 is 2.42 bits per heavy atom. The van der Waals surface area contributed by atoms with Gasteiger partial charge < -0.3 is 15.4 Å². The number of amides is 1. The lowest BCUT2D eigenvalue weighted by atomic mass is 10.1. The number of pyridine rings is 1. The quantitative estimate of drug-likeness (QED) is 0.885. The van der Waals surface area contributed by atoms with Gasteiger partial charge in [0.2, 0.25) is 0 Å². The molecule has 5 heteroatoms. The van der Waals surface area contributed by atoms with Crippen LogP contribution in [0.25, 0.3) is 0 Å². The van der Waals surface area contributed by atoms with Crippen LogP contribution in [0.1, 0.15) is 35.3 Å². The van der Waals surface area contributed by atoms with E-state index in [1.165, 1.54) is 6.42 Å². The van der Waals surface area contributed by atoms with Gasteiger partial charge in [-0.2, -0.15) is 0 Å². The first-order valence-electron chi connectivity index (χ1n) is 6.73. The highest BCUT2D eigenvalue weighted by molar-refractivity contribution is 5.94. The van der Waals surface area contributed by atoms with E-state index in [0.29, 0.717) is 18.7 Å². The standard InChI is InChI=1S/C14H21N3O2/c1-17(10-13-4-2-3-7-19-13)14(18)11-5-6-16-12(8-11)9-15/h5-6,8,13H,2-4,7,9-10,15H2,1H3. The van der Waals surface area contributed by atoms with E-state index in [0.717, 1.165) is 25.1 Å². The van der Waals surface area contributed by atoms with Crippen LogP contribution in [0.4, 0.5) is 0 Å². The highest BCUT2D eigenvalue weighted by atomic mass is 16.5. The van der Waals surface area contributed by atoms with Crippen LogP contribution in [0.3, 0.4) is 0 Å². The third kappa shape index (κ3) is 3.75. The zero-order valence-electron chi connectivity index (χ0n) is 11.3. The van der Waals surface area contributed by atoms with Crippen molar-refractivity contribution in [3.63, 3.8) is 0 Å². The van der Waals surface area contributed by atoms with Gasteiger partial charge >= 0.3 is 0 Å². The minimum absolute atomic E-state index is 0.00808. The molecule has 19 heavy (non-hydrogen) atoms. The summed E-state index contributed by atoms with van der Waals surface area (Å²) in [6.07, 6.45) is 5.12. The molecule has 1 aromatic rings. The predicted molar refractivity (Wildman–Crippen MR) is 72.7 cm³/mol. The fraction of sp³-hybridized carbons (Fsp3) is 0.571. The lowest BCUT2D eigenvalue weighted by Gasteiger charge is -2.27. The zero-order chi connectivity index (χ0) is 13.7. The molecule has 2 heterocycles. The van der Waals surface area contributed by atoms with Crippen molar-refractivity contribution in [1.29, 1.82) is 0 Å². The van der Waals surface area contributed by atoms with Crippen LogP contribution < -0.4 is 5.73 Å². The average Bonchev–Trinajstić information content (AvgIpc) is 2.47. The number of carbonyl (C=O) groups excluding carboxylic acids is 1. The summed E-state index contributed by atoms with van der Waals surface area (Å²) in [7, 11) is 1.81. The number of nitrogens with two attached hydrogens (primary N) is 1. The molecule has 0 aliphatic carbocycles. The molecule has 0 bridgehead atoms. The minimum Gasteiger partial charge on any atom is -0.376 e. The Hall–Kier alpha value is -1.46. The second kappa shape index (κ2) is 6.63. The molecule has 5 nitrogen and oxygen atoms in total. The highest BCUT2D eigenvalue weighted by Crippen LogP contribution is 2.14. The van der Waals surface area contributed by atoms with Crippen molar-refractivity contribution in [2.75, 3.05) is 20.2 Å². The first kappa shape index (κ1) is 14.0. The maximum absolute atomic E-state index is 12.3. The molecule has 1 atom stereocenters. The van der Waals surface area contributed by atoms with Crippen LogP contribution in [0.5, 0.6) is 0 Å². The maximum atomic E-state index is 12.3. The molecular weight excluding hydrogens is 242 g/mol. The summed E-state index contributed by atoms with van der Waals surface area (Å²) in [6, 6.07) is 3.47. The van der Waals surface area contributed by atoms with Gasteiger partial charge in [-0.25, -0.2) is 0 Å². The van der Waals surface area contributed by atoms with Crippen LogP contribution in [0, 0.1) is 0 Å². The smallest absolute Gasteiger partial charge is 0.253 e. The summed E-state index contributed by atoms with van der Waals surface area (Å²) in [4.78, 5) is 18.1. The lowest BCUT2D eigenvalue weighted by Crippen LogP contribution is -2.37. The summed E-state index contributed by atoms with van der Waals surface area (Å²) >= 11 is 0. The van der Waals surface area contributed by atoms with Gasteiger partial charge in [0.1, 0.15) is 0 Å². The van der Waals surface area contributed by atoms with Crippen molar-refractivity contribution in [1.82, 2.24) is 9.88 Å². The van der Waals surface area contributed by atoms with E-state index in [1.54, 1.807) is 23.2 Å². The Morgan fingerprint density at radius 1 is 1.58 bits per heavy atom. The molecule has 2 rings (SSSR count). The second-order valence-corrected chi connectivity index (χ2v) is 4.91. The Bertz CT molecular complexity index is 430. The Morgan fingerprint density at radius 3 is 3.11 bits per heavy atom. The molecule has 1 saturated heterocycles. The van der Waals surface area contributed by atoms with E-state index in [2.05, 4.69) is 4.98 Å². The van der Waals surface area contributed by atoms with Crippen molar-refractivity contribution < 1.29 is 9.53 Å². The SMILES string of the molecule is CN(CC1CCCCO1)C(=O)c1ccnc(CN)c1. The van der Waals surface area contributed by atoms with E-state index < -0.39 is 0 Å². The fourth-order valence-corrected chi connectivity index (χ4v) is 2.28. The van der Waals surface area contributed by atoms with Gasteiger partial charge in [-0.15, -0.1) is 0 Å². The molecule has 0 saturated carbocycles. The van der Waals surface area contributed by atoms with Gasteiger partial charge in [-0.05, 0) is 31.4 Å². The summed E-state index contributed by atoms with van der Waals surface area (Å²) in [5.74, 6) is -0.00808. The van der Waals surface area contributed by atoms with Crippen LogP contribution in [0.15, 0.2) is 18.3 Å². The molecular formula is C14H21N3O2. The van der Waals surface area contributed by atoms with Crippen molar-refractivity contribution in [2.24, 2.45) is 5.73 Å². The number of likely N-dealkylation sites (N-methyl/N-ethyl adjacent to an activating group) is 1. The Balaban J connectivity index is 1.97. The number of rotatable bonds is 4. The van der Waals surface area contributed by atoms with Crippen molar-refractivity contribution in [2.45, 2.75) is 31.9 Å². The largest absolute Gasteiger partial charge is 0.376 e. The first-order valence-corrected chi connectivity index (χ1v) is 6.73. The Labute approximate surface area is 113 Å². The molecule has 0 radical (unpaired) electrons. The van der Waals surface area contributed by atoms with E-state index in [9.17, 15) is 4.79 Å². The number of ether oxygens (including phenoxy) is 1.